The SMILES string of the molecule is Cc1sc(NC(=O)C(C)(C)C)c(C(=O)OCC(=O)Nc2ccc(C#N)c(Cl)c2)c1C. The van der Waals surface area contributed by atoms with Gasteiger partial charge in [-0.05, 0) is 37.6 Å². The predicted octanol–water partition coefficient (Wildman–Crippen LogP) is 4.67. The molecule has 2 rings (SSSR count). The molecule has 0 saturated heterocycles. The van der Waals surface area contributed by atoms with Crippen LogP contribution in [-0.2, 0) is 14.3 Å². The van der Waals surface area contributed by atoms with E-state index in [0.29, 0.717) is 16.3 Å². The van der Waals surface area contributed by atoms with Crippen molar-refractivity contribution in [1.29, 1.82) is 5.26 Å². The number of nitrogens with one attached hydrogen (secondary N) is 2. The van der Waals surface area contributed by atoms with Crippen LogP contribution >= 0.6 is 22.9 Å². The van der Waals surface area contributed by atoms with Gasteiger partial charge in [0.1, 0.15) is 11.1 Å². The summed E-state index contributed by atoms with van der Waals surface area (Å²) in [4.78, 5) is 37.9. The number of anilines is 2. The summed E-state index contributed by atoms with van der Waals surface area (Å²) >= 11 is 7.22. The van der Waals surface area contributed by atoms with Crippen molar-refractivity contribution in [2.45, 2.75) is 34.6 Å². The van der Waals surface area contributed by atoms with Crippen molar-refractivity contribution in [1.82, 2.24) is 0 Å². The Kier molecular flexibility index (Phi) is 7.24. The van der Waals surface area contributed by atoms with E-state index < -0.39 is 23.9 Å². The number of rotatable bonds is 5. The van der Waals surface area contributed by atoms with Gasteiger partial charge in [0, 0.05) is 16.0 Å². The molecule has 158 valence electrons. The summed E-state index contributed by atoms with van der Waals surface area (Å²) in [5.74, 6) is -1.49. The minimum atomic E-state index is -0.700. The van der Waals surface area contributed by atoms with Crippen molar-refractivity contribution in [3.8, 4) is 6.07 Å². The van der Waals surface area contributed by atoms with E-state index in [1.54, 1.807) is 27.7 Å². The first-order valence-corrected chi connectivity index (χ1v) is 10.2. The largest absolute Gasteiger partial charge is 0.452 e. The molecule has 0 aliphatic heterocycles. The number of thiophene rings is 1. The van der Waals surface area contributed by atoms with E-state index >= 15 is 0 Å². The quantitative estimate of drug-likeness (QED) is 0.647. The molecule has 2 amide bonds. The van der Waals surface area contributed by atoms with Crippen molar-refractivity contribution in [3.63, 3.8) is 0 Å². The van der Waals surface area contributed by atoms with Crippen LogP contribution in [0.25, 0.3) is 0 Å². The summed E-state index contributed by atoms with van der Waals surface area (Å²) in [6, 6.07) is 6.37. The lowest BCUT2D eigenvalue weighted by Gasteiger charge is -2.17. The number of nitrogens with zero attached hydrogens (tertiary/aromatic N) is 1. The Balaban J connectivity index is 2.07. The van der Waals surface area contributed by atoms with Crippen molar-refractivity contribution >= 4 is 51.4 Å². The smallest absolute Gasteiger partial charge is 0.341 e. The van der Waals surface area contributed by atoms with Gasteiger partial charge in [-0.25, -0.2) is 4.79 Å². The third-order valence-electron chi connectivity index (χ3n) is 4.21. The van der Waals surface area contributed by atoms with Gasteiger partial charge in [-0.3, -0.25) is 9.59 Å². The molecule has 9 heteroatoms. The van der Waals surface area contributed by atoms with E-state index in [1.807, 2.05) is 13.0 Å². The van der Waals surface area contributed by atoms with Crippen molar-refractivity contribution in [3.05, 3.63) is 44.8 Å². The number of hydrogen-bond donors (Lipinski definition) is 2. The van der Waals surface area contributed by atoms with E-state index in [-0.39, 0.29) is 22.1 Å². The van der Waals surface area contributed by atoms with Gasteiger partial charge < -0.3 is 15.4 Å². The summed E-state index contributed by atoms with van der Waals surface area (Å²) in [7, 11) is 0. The Bertz CT molecular complexity index is 1050. The summed E-state index contributed by atoms with van der Waals surface area (Å²) in [5.41, 5.74) is 0.961. The highest BCUT2D eigenvalue weighted by atomic mass is 35.5. The first kappa shape index (κ1) is 23.4. The van der Waals surface area contributed by atoms with Crippen LogP contribution in [0.5, 0.6) is 0 Å². The number of amides is 2. The molecular formula is C21H22ClN3O4S. The van der Waals surface area contributed by atoms with Crippen LogP contribution in [0.4, 0.5) is 10.7 Å². The molecule has 0 radical (unpaired) electrons. The maximum absolute atomic E-state index is 12.6. The Morgan fingerprint density at radius 3 is 2.43 bits per heavy atom. The molecule has 0 bridgehead atoms. The number of carbonyl (C=O) groups excluding carboxylic acids is 3. The molecule has 0 spiro atoms. The zero-order valence-electron chi connectivity index (χ0n) is 17.3. The second-order valence-electron chi connectivity index (χ2n) is 7.62. The van der Waals surface area contributed by atoms with Gasteiger partial charge in [0.25, 0.3) is 5.91 Å². The normalized spacial score (nSPS) is 10.8. The van der Waals surface area contributed by atoms with Gasteiger partial charge in [0.15, 0.2) is 6.61 Å². The Labute approximate surface area is 184 Å². The zero-order chi connectivity index (χ0) is 22.6. The van der Waals surface area contributed by atoms with E-state index in [1.165, 1.54) is 29.5 Å². The number of carbonyl (C=O) groups is 3. The van der Waals surface area contributed by atoms with Gasteiger partial charge in [-0.1, -0.05) is 32.4 Å². The van der Waals surface area contributed by atoms with E-state index in [0.717, 1.165) is 4.88 Å². The molecule has 0 fully saturated rings. The summed E-state index contributed by atoms with van der Waals surface area (Å²) in [5, 5.41) is 14.8. The van der Waals surface area contributed by atoms with Crippen LogP contribution in [-0.4, -0.2) is 24.4 Å². The summed E-state index contributed by atoms with van der Waals surface area (Å²) < 4.78 is 5.16. The van der Waals surface area contributed by atoms with Crippen LogP contribution in [0, 0.1) is 30.6 Å². The van der Waals surface area contributed by atoms with Gasteiger partial charge >= 0.3 is 5.97 Å². The standard InChI is InChI=1S/C21H22ClN3O4S/c1-11-12(2)30-18(25-20(28)21(3,4)5)17(11)19(27)29-10-16(26)24-14-7-6-13(9-23)15(22)8-14/h6-8H,10H2,1-5H3,(H,24,26)(H,25,28). The third kappa shape index (κ3) is 5.59. The lowest BCUT2D eigenvalue weighted by Crippen LogP contribution is -2.28. The first-order chi connectivity index (χ1) is 13.9. The van der Waals surface area contributed by atoms with Crippen molar-refractivity contribution in [2.75, 3.05) is 17.2 Å². The Morgan fingerprint density at radius 2 is 1.87 bits per heavy atom. The Hall–Kier alpha value is -2.89. The fourth-order valence-electron chi connectivity index (χ4n) is 2.34. The number of aryl methyl sites for hydroxylation is 1. The minimum Gasteiger partial charge on any atom is -0.452 e. The molecule has 2 aromatic rings. The third-order valence-corrected chi connectivity index (χ3v) is 5.64. The lowest BCUT2D eigenvalue weighted by molar-refractivity contribution is -0.123. The van der Waals surface area contributed by atoms with E-state index in [2.05, 4.69) is 10.6 Å². The number of esters is 1. The number of benzene rings is 1. The van der Waals surface area contributed by atoms with Crippen LogP contribution in [0.2, 0.25) is 5.02 Å². The second kappa shape index (κ2) is 9.28. The van der Waals surface area contributed by atoms with E-state index in [9.17, 15) is 14.4 Å². The molecule has 1 aromatic heterocycles. The monoisotopic (exact) mass is 447 g/mol. The average molecular weight is 448 g/mol. The predicted molar refractivity (Wildman–Crippen MR) is 117 cm³/mol. The molecular weight excluding hydrogens is 426 g/mol. The molecule has 2 N–H and O–H groups in total. The maximum atomic E-state index is 12.6. The second-order valence-corrected chi connectivity index (χ2v) is 9.25. The first-order valence-electron chi connectivity index (χ1n) is 9.02. The van der Waals surface area contributed by atoms with Crippen LogP contribution in [0.15, 0.2) is 18.2 Å². The lowest BCUT2D eigenvalue weighted by atomic mass is 9.96. The van der Waals surface area contributed by atoms with Gasteiger partial charge in [0.05, 0.1) is 16.1 Å². The topological polar surface area (TPSA) is 108 Å². The molecule has 30 heavy (non-hydrogen) atoms. The molecule has 0 aliphatic carbocycles. The fraction of sp³-hybridized carbons (Fsp3) is 0.333. The molecule has 1 heterocycles. The summed E-state index contributed by atoms with van der Waals surface area (Å²) in [6.45, 7) is 8.39. The average Bonchev–Trinajstić information content (AvgIpc) is 2.92. The fourth-order valence-corrected chi connectivity index (χ4v) is 3.60. The number of hydrogen-bond acceptors (Lipinski definition) is 6. The molecule has 0 aliphatic rings. The highest BCUT2D eigenvalue weighted by molar-refractivity contribution is 7.16. The maximum Gasteiger partial charge on any atom is 0.341 e. The zero-order valence-corrected chi connectivity index (χ0v) is 18.9. The molecule has 0 unspecified atom stereocenters. The van der Waals surface area contributed by atoms with Crippen molar-refractivity contribution in [2.24, 2.45) is 5.41 Å². The molecule has 7 nitrogen and oxygen atoms in total. The van der Waals surface area contributed by atoms with Gasteiger partial charge in [0.2, 0.25) is 5.91 Å². The molecule has 0 saturated carbocycles. The van der Waals surface area contributed by atoms with Crippen molar-refractivity contribution < 1.29 is 19.1 Å². The molecule has 1 aromatic carbocycles. The van der Waals surface area contributed by atoms with Gasteiger partial charge in [-0.15, -0.1) is 11.3 Å². The van der Waals surface area contributed by atoms with Crippen LogP contribution < -0.4 is 10.6 Å². The minimum absolute atomic E-state index is 0.205. The molecule has 0 atom stereocenters. The number of ether oxygens (including phenoxy) is 1. The van der Waals surface area contributed by atoms with Crippen LogP contribution in [0.3, 0.4) is 0 Å². The van der Waals surface area contributed by atoms with Gasteiger partial charge in [-0.2, -0.15) is 5.26 Å². The Morgan fingerprint density at radius 1 is 1.20 bits per heavy atom. The number of nitriles is 1. The number of halogens is 1. The highest BCUT2D eigenvalue weighted by Crippen LogP contribution is 2.34. The highest BCUT2D eigenvalue weighted by Gasteiger charge is 2.27. The van der Waals surface area contributed by atoms with E-state index in [4.69, 9.17) is 21.6 Å². The summed E-state index contributed by atoms with van der Waals surface area (Å²) in [6.07, 6.45) is 0. The van der Waals surface area contributed by atoms with Crippen LogP contribution in [0.1, 0.15) is 47.1 Å².